The first-order valence-corrected chi connectivity index (χ1v) is 7.80. The highest BCUT2D eigenvalue weighted by Gasteiger charge is 2.10. The summed E-state index contributed by atoms with van der Waals surface area (Å²) >= 11 is 14.9. The molecule has 0 saturated heterocycles. The van der Waals surface area contributed by atoms with E-state index in [0.29, 0.717) is 20.2 Å². The van der Waals surface area contributed by atoms with Crippen molar-refractivity contribution in [2.45, 2.75) is 0 Å². The van der Waals surface area contributed by atoms with Crippen LogP contribution in [0.25, 0.3) is 6.08 Å². The largest absolute Gasteiger partial charge is 0.321 e. The van der Waals surface area contributed by atoms with E-state index in [9.17, 15) is 14.9 Å². The van der Waals surface area contributed by atoms with Gasteiger partial charge in [-0.2, -0.15) is 0 Å². The molecule has 0 atom stereocenters. The molecule has 2 aromatic carbocycles. The van der Waals surface area contributed by atoms with Crippen LogP contribution in [0.2, 0.25) is 10.0 Å². The number of carbonyl (C=O) groups excluding carboxylic acids is 1. The Balaban J connectivity index is 2.08. The van der Waals surface area contributed by atoms with E-state index in [-0.39, 0.29) is 11.6 Å². The summed E-state index contributed by atoms with van der Waals surface area (Å²) in [6, 6.07) is 9.07. The molecule has 0 aromatic heterocycles. The molecule has 2 rings (SSSR count). The Hall–Kier alpha value is -1.89. The maximum Gasteiger partial charge on any atom is 0.270 e. The number of rotatable bonds is 4. The fraction of sp³-hybridized carbons (Fsp3) is 0. The summed E-state index contributed by atoms with van der Waals surface area (Å²) in [5.74, 6) is -0.384. The van der Waals surface area contributed by atoms with E-state index in [1.165, 1.54) is 24.3 Å². The minimum Gasteiger partial charge on any atom is -0.321 e. The van der Waals surface area contributed by atoms with Crippen LogP contribution in [0.3, 0.4) is 0 Å². The van der Waals surface area contributed by atoms with Crippen LogP contribution < -0.4 is 5.32 Å². The average Bonchev–Trinajstić information content (AvgIpc) is 2.50. The molecule has 1 amide bonds. The van der Waals surface area contributed by atoms with Crippen LogP contribution in [0.4, 0.5) is 11.4 Å². The highest BCUT2D eigenvalue weighted by atomic mass is 79.9. The van der Waals surface area contributed by atoms with Crippen LogP contribution in [0.1, 0.15) is 5.56 Å². The molecule has 0 spiro atoms. The number of benzene rings is 2. The van der Waals surface area contributed by atoms with Crippen molar-refractivity contribution in [3.05, 3.63) is 72.7 Å². The van der Waals surface area contributed by atoms with Crippen LogP contribution in [-0.4, -0.2) is 10.8 Å². The lowest BCUT2D eigenvalue weighted by atomic mass is 10.2. The number of nitrogens with zero attached hydrogens (tertiary/aromatic N) is 1. The Morgan fingerprint density at radius 1 is 1.17 bits per heavy atom. The Kier molecular flexibility index (Phi) is 5.76. The molecule has 0 unspecified atom stereocenters. The maximum atomic E-state index is 11.9. The minimum atomic E-state index is -0.513. The molecule has 0 aliphatic rings. The van der Waals surface area contributed by atoms with E-state index >= 15 is 0 Å². The van der Waals surface area contributed by atoms with E-state index in [2.05, 4.69) is 21.2 Å². The van der Waals surface area contributed by atoms with Crippen molar-refractivity contribution in [2.75, 3.05) is 5.32 Å². The number of nitro benzene ring substituents is 1. The monoisotopic (exact) mass is 414 g/mol. The summed E-state index contributed by atoms with van der Waals surface area (Å²) in [5.41, 5.74) is 1.08. The number of nitrogens with one attached hydrogen (secondary N) is 1. The van der Waals surface area contributed by atoms with Gasteiger partial charge in [0, 0.05) is 22.7 Å². The molecule has 0 aliphatic heterocycles. The predicted molar refractivity (Wildman–Crippen MR) is 94.9 cm³/mol. The van der Waals surface area contributed by atoms with Crippen molar-refractivity contribution < 1.29 is 9.72 Å². The van der Waals surface area contributed by atoms with Crippen molar-refractivity contribution in [3.63, 3.8) is 0 Å². The molecule has 8 heteroatoms. The van der Waals surface area contributed by atoms with Crippen LogP contribution in [0, 0.1) is 10.1 Å². The van der Waals surface area contributed by atoms with Crippen molar-refractivity contribution >= 4 is 62.5 Å². The van der Waals surface area contributed by atoms with Gasteiger partial charge < -0.3 is 5.32 Å². The average molecular weight is 416 g/mol. The number of anilines is 1. The Bertz CT molecular complexity index is 809. The quantitative estimate of drug-likeness (QED) is 0.417. The van der Waals surface area contributed by atoms with Gasteiger partial charge in [0.15, 0.2) is 0 Å². The van der Waals surface area contributed by atoms with Gasteiger partial charge in [-0.25, -0.2) is 0 Å². The predicted octanol–water partition coefficient (Wildman–Crippen LogP) is 5.32. The highest BCUT2D eigenvalue weighted by Crippen LogP contribution is 2.27. The fourth-order valence-electron chi connectivity index (χ4n) is 1.68. The summed E-state index contributed by atoms with van der Waals surface area (Å²) in [4.78, 5) is 22.0. The molecule has 1 N–H and O–H groups in total. The number of nitro groups is 1. The van der Waals surface area contributed by atoms with Crippen LogP contribution in [-0.2, 0) is 4.79 Å². The molecule has 23 heavy (non-hydrogen) atoms. The van der Waals surface area contributed by atoms with Gasteiger partial charge in [0.2, 0.25) is 5.91 Å². The summed E-state index contributed by atoms with van der Waals surface area (Å²) < 4.78 is 0.419. The molecule has 0 bridgehead atoms. The number of amides is 1. The fourth-order valence-corrected chi connectivity index (χ4v) is 2.45. The molecule has 0 heterocycles. The van der Waals surface area contributed by atoms with Gasteiger partial charge in [-0.05, 0) is 45.8 Å². The van der Waals surface area contributed by atoms with Gasteiger partial charge in [0.1, 0.15) is 0 Å². The first kappa shape index (κ1) is 17.5. The number of halogens is 3. The van der Waals surface area contributed by atoms with E-state index in [1.807, 2.05) is 0 Å². The lowest BCUT2D eigenvalue weighted by Crippen LogP contribution is -2.08. The van der Waals surface area contributed by atoms with Gasteiger partial charge in [-0.3, -0.25) is 14.9 Å². The second kappa shape index (κ2) is 7.59. The second-order valence-electron chi connectivity index (χ2n) is 4.42. The molecule has 0 radical (unpaired) electrons. The van der Waals surface area contributed by atoms with Gasteiger partial charge in [-0.1, -0.05) is 29.3 Å². The zero-order chi connectivity index (χ0) is 17.0. The van der Waals surface area contributed by atoms with Crippen molar-refractivity contribution in [1.82, 2.24) is 0 Å². The first-order valence-electron chi connectivity index (χ1n) is 6.25. The van der Waals surface area contributed by atoms with Crippen molar-refractivity contribution in [3.8, 4) is 0 Å². The summed E-state index contributed by atoms with van der Waals surface area (Å²) in [6.07, 6.45) is 2.91. The van der Waals surface area contributed by atoms with Gasteiger partial charge in [0.25, 0.3) is 5.69 Å². The smallest absolute Gasteiger partial charge is 0.270 e. The third kappa shape index (κ3) is 4.79. The lowest BCUT2D eigenvalue weighted by molar-refractivity contribution is -0.384. The summed E-state index contributed by atoms with van der Waals surface area (Å²) in [7, 11) is 0. The van der Waals surface area contributed by atoms with Gasteiger partial charge >= 0.3 is 0 Å². The van der Waals surface area contributed by atoms with Gasteiger partial charge in [0.05, 0.1) is 20.7 Å². The minimum absolute atomic E-state index is 0.0683. The molecular formula is C15H9BrCl2N2O3. The maximum absolute atomic E-state index is 11.9. The Morgan fingerprint density at radius 3 is 2.52 bits per heavy atom. The normalized spacial score (nSPS) is 10.7. The summed E-state index contributed by atoms with van der Waals surface area (Å²) in [5, 5.41) is 14.1. The standard InChI is InChI=1S/C15H9BrCl2N2O3/c16-11-8-10(20(22)23)3-5-14(11)19-15(21)6-2-9-1-4-12(17)13(18)7-9/h1-8H,(H,19,21)/b6-2+. The number of hydrogen-bond acceptors (Lipinski definition) is 3. The third-order valence-electron chi connectivity index (χ3n) is 2.79. The zero-order valence-corrected chi connectivity index (χ0v) is 14.5. The topological polar surface area (TPSA) is 72.2 Å². The number of carbonyl (C=O) groups is 1. The lowest BCUT2D eigenvalue weighted by Gasteiger charge is -2.04. The van der Waals surface area contributed by atoms with E-state index in [1.54, 1.807) is 24.3 Å². The Morgan fingerprint density at radius 2 is 1.91 bits per heavy atom. The third-order valence-corrected chi connectivity index (χ3v) is 4.19. The highest BCUT2D eigenvalue weighted by molar-refractivity contribution is 9.10. The first-order chi connectivity index (χ1) is 10.9. The second-order valence-corrected chi connectivity index (χ2v) is 6.09. The number of hydrogen-bond donors (Lipinski definition) is 1. The molecule has 0 saturated carbocycles. The molecule has 5 nitrogen and oxygen atoms in total. The van der Waals surface area contributed by atoms with Gasteiger partial charge in [-0.15, -0.1) is 0 Å². The molecule has 2 aromatic rings. The molecule has 0 aliphatic carbocycles. The van der Waals surface area contributed by atoms with Crippen LogP contribution >= 0.6 is 39.1 Å². The zero-order valence-electron chi connectivity index (χ0n) is 11.4. The van der Waals surface area contributed by atoms with Crippen LogP contribution in [0.15, 0.2) is 46.9 Å². The number of non-ortho nitro benzene ring substituents is 1. The van der Waals surface area contributed by atoms with Crippen LogP contribution in [0.5, 0.6) is 0 Å². The van der Waals surface area contributed by atoms with Crippen molar-refractivity contribution in [1.29, 1.82) is 0 Å². The molecule has 118 valence electrons. The molecular weight excluding hydrogens is 407 g/mol. The van der Waals surface area contributed by atoms with Crippen molar-refractivity contribution in [2.24, 2.45) is 0 Å². The van der Waals surface area contributed by atoms with E-state index in [0.717, 1.165) is 5.56 Å². The SMILES string of the molecule is O=C(/C=C/c1ccc(Cl)c(Cl)c1)Nc1ccc([N+](=O)[O-])cc1Br. The van der Waals surface area contributed by atoms with E-state index < -0.39 is 4.92 Å². The molecule has 0 fully saturated rings. The van der Waals surface area contributed by atoms with E-state index in [4.69, 9.17) is 23.2 Å². The summed E-state index contributed by atoms with van der Waals surface area (Å²) in [6.45, 7) is 0. The Labute approximate surface area is 150 Å².